The number of hydrogen-bond acceptors (Lipinski definition) is 3. The van der Waals surface area contributed by atoms with Crippen LogP contribution in [0, 0.1) is 5.92 Å². The highest BCUT2D eigenvalue weighted by Crippen LogP contribution is 2.31. The minimum absolute atomic E-state index is 0.0321. The van der Waals surface area contributed by atoms with E-state index in [1.165, 1.54) is 6.42 Å². The van der Waals surface area contributed by atoms with E-state index in [0.717, 1.165) is 37.4 Å². The number of para-hydroxylation sites is 1. The molecule has 1 aromatic rings. The second-order valence-corrected chi connectivity index (χ2v) is 5.68. The molecule has 2 unspecified atom stereocenters. The normalized spacial score (nSPS) is 25.9. The largest absolute Gasteiger partial charge is 0.384 e. The molecule has 102 valence electrons. The molecule has 0 radical (unpaired) electrons. The number of nitrogens with zero attached hydrogens (tertiary/aromatic N) is 1. The Kier molecular flexibility index (Phi) is 3.42. The summed E-state index contributed by atoms with van der Waals surface area (Å²) in [5.41, 5.74) is 2.23. The van der Waals surface area contributed by atoms with Crippen LogP contribution in [0.1, 0.15) is 17.9 Å². The van der Waals surface area contributed by atoms with E-state index in [0.29, 0.717) is 5.92 Å². The van der Waals surface area contributed by atoms with Gasteiger partial charge < -0.3 is 15.5 Å². The zero-order chi connectivity index (χ0) is 13.2. The summed E-state index contributed by atoms with van der Waals surface area (Å²) in [7, 11) is 2.14. The lowest BCUT2D eigenvalue weighted by atomic mass is 10.00. The van der Waals surface area contributed by atoms with Gasteiger partial charge in [-0.05, 0) is 37.6 Å². The number of rotatable bonds is 3. The van der Waals surface area contributed by atoms with Crippen LogP contribution in [0.2, 0.25) is 0 Å². The maximum atomic E-state index is 12.3. The lowest BCUT2D eigenvalue weighted by Gasteiger charge is -2.15. The van der Waals surface area contributed by atoms with Gasteiger partial charge in [-0.1, -0.05) is 18.2 Å². The van der Waals surface area contributed by atoms with E-state index in [1.54, 1.807) is 0 Å². The molecule has 0 aromatic heterocycles. The summed E-state index contributed by atoms with van der Waals surface area (Å²) < 4.78 is 0. The fraction of sp³-hybridized carbons (Fsp3) is 0.533. The number of amides is 1. The molecule has 2 N–H and O–H groups in total. The van der Waals surface area contributed by atoms with Crippen molar-refractivity contribution >= 4 is 11.6 Å². The van der Waals surface area contributed by atoms with Crippen molar-refractivity contribution in [3.63, 3.8) is 0 Å². The Labute approximate surface area is 114 Å². The standard InChI is InChI=1S/C15H21N3O/c1-18-7-6-11(10-18)8-17-15(19)13-9-16-14-5-3-2-4-12(13)14/h2-5,11,13,16H,6-10H2,1H3,(H,17,19). The number of carbonyl (C=O) groups excluding carboxylic acids is 1. The first kappa shape index (κ1) is 12.5. The Bertz CT molecular complexity index is 474. The van der Waals surface area contributed by atoms with Gasteiger partial charge in [0.2, 0.25) is 5.91 Å². The molecular weight excluding hydrogens is 238 g/mol. The molecule has 0 aliphatic carbocycles. The monoisotopic (exact) mass is 259 g/mol. The molecule has 1 fully saturated rings. The highest BCUT2D eigenvalue weighted by Gasteiger charge is 2.28. The highest BCUT2D eigenvalue weighted by molar-refractivity contribution is 5.88. The Hall–Kier alpha value is -1.55. The van der Waals surface area contributed by atoms with Crippen molar-refractivity contribution in [2.45, 2.75) is 12.3 Å². The van der Waals surface area contributed by atoms with E-state index < -0.39 is 0 Å². The fourth-order valence-corrected chi connectivity index (χ4v) is 3.08. The minimum Gasteiger partial charge on any atom is -0.384 e. The van der Waals surface area contributed by atoms with Crippen LogP contribution < -0.4 is 10.6 Å². The summed E-state index contributed by atoms with van der Waals surface area (Å²) in [6, 6.07) is 8.08. The van der Waals surface area contributed by atoms with Crippen molar-refractivity contribution in [3.05, 3.63) is 29.8 Å². The first-order valence-electron chi connectivity index (χ1n) is 7.03. The lowest BCUT2D eigenvalue weighted by Crippen LogP contribution is -2.34. The number of likely N-dealkylation sites (tertiary alicyclic amines) is 1. The number of fused-ring (bicyclic) bond motifs is 1. The molecule has 2 heterocycles. The molecular formula is C15H21N3O. The van der Waals surface area contributed by atoms with Gasteiger partial charge in [-0.2, -0.15) is 0 Å². The topological polar surface area (TPSA) is 44.4 Å². The van der Waals surface area contributed by atoms with E-state index >= 15 is 0 Å². The van der Waals surface area contributed by atoms with Crippen LogP contribution in [0.15, 0.2) is 24.3 Å². The molecule has 2 aliphatic rings. The summed E-state index contributed by atoms with van der Waals surface area (Å²) in [6.07, 6.45) is 1.19. The van der Waals surface area contributed by atoms with E-state index in [1.807, 2.05) is 24.3 Å². The summed E-state index contributed by atoms with van der Waals surface area (Å²) in [4.78, 5) is 14.6. The zero-order valence-corrected chi connectivity index (χ0v) is 11.4. The predicted molar refractivity (Wildman–Crippen MR) is 76.3 cm³/mol. The number of hydrogen-bond donors (Lipinski definition) is 2. The average Bonchev–Trinajstić information content (AvgIpc) is 3.02. The van der Waals surface area contributed by atoms with Gasteiger partial charge in [0.25, 0.3) is 0 Å². The minimum atomic E-state index is -0.0321. The number of carbonyl (C=O) groups is 1. The summed E-state index contributed by atoms with van der Waals surface area (Å²) in [5, 5.41) is 6.42. The Morgan fingerprint density at radius 3 is 3.11 bits per heavy atom. The highest BCUT2D eigenvalue weighted by atomic mass is 16.1. The average molecular weight is 259 g/mol. The van der Waals surface area contributed by atoms with Crippen molar-refractivity contribution in [2.75, 3.05) is 38.5 Å². The molecule has 4 heteroatoms. The van der Waals surface area contributed by atoms with E-state index in [2.05, 4.69) is 22.6 Å². The quantitative estimate of drug-likeness (QED) is 0.859. The fourth-order valence-electron chi connectivity index (χ4n) is 3.08. The van der Waals surface area contributed by atoms with Crippen LogP contribution in [0.25, 0.3) is 0 Å². The molecule has 0 saturated carbocycles. The third-order valence-electron chi connectivity index (χ3n) is 4.20. The molecule has 1 amide bonds. The van der Waals surface area contributed by atoms with Crippen molar-refractivity contribution in [3.8, 4) is 0 Å². The van der Waals surface area contributed by atoms with E-state index in [9.17, 15) is 4.79 Å². The molecule has 19 heavy (non-hydrogen) atoms. The van der Waals surface area contributed by atoms with Gasteiger partial charge in [0, 0.05) is 25.3 Å². The van der Waals surface area contributed by atoms with E-state index in [-0.39, 0.29) is 11.8 Å². The van der Waals surface area contributed by atoms with Gasteiger partial charge in [0.1, 0.15) is 0 Å². The molecule has 4 nitrogen and oxygen atoms in total. The zero-order valence-electron chi connectivity index (χ0n) is 11.4. The van der Waals surface area contributed by atoms with Crippen molar-refractivity contribution in [1.29, 1.82) is 0 Å². The molecule has 2 atom stereocenters. The van der Waals surface area contributed by atoms with Gasteiger partial charge in [0.05, 0.1) is 5.92 Å². The molecule has 0 spiro atoms. The lowest BCUT2D eigenvalue weighted by molar-refractivity contribution is -0.122. The molecule has 1 aromatic carbocycles. The van der Waals surface area contributed by atoms with Crippen LogP contribution >= 0.6 is 0 Å². The molecule has 0 bridgehead atoms. The van der Waals surface area contributed by atoms with Gasteiger partial charge >= 0.3 is 0 Å². The van der Waals surface area contributed by atoms with Gasteiger partial charge in [-0.25, -0.2) is 0 Å². The summed E-state index contributed by atoms with van der Waals surface area (Å²) in [6.45, 7) is 3.77. The van der Waals surface area contributed by atoms with Gasteiger partial charge in [-0.3, -0.25) is 4.79 Å². The number of nitrogens with one attached hydrogen (secondary N) is 2. The first-order valence-corrected chi connectivity index (χ1v) is 7.03. The predicted octanol–water partition coefficient (Wildman–Crippen LogP) is 1.26. The van der Waals surface area contributed by atoms with Crippen LogP contribution in [-0.4, -0.2) is 44.0 Å². The Morgan fingerprint density at radius 1 is 1.47 bits per heavy atom. The number of benzene rings is 1. The van der Waals surface area contributed by atoms with Crippen LogP contribution in [0.4, 0.5) is 5.69 Å². The number of anilines is 1. The maximum Gasteiger partial charge on any atom is 0.229 e. The summed E-state index contributed by atoms with van der Waals surface area (Å²) in [5.74, 6) is 0.737. The maximum absolute atomic E-state index is 12.3. The smallest absolute Gasteiger partial charge is 0.229 e. The van der Waals surface area contributed by atoms with Crippen LogP contribution in [0.3, 0.4) is 0 Å². The molecule has 2 aliphatic heterocycles. The van der Waals surface area contributed by atoms with Crippen LogP contribution in [-0.2, 0) is 4.79 Å². The first-order chi connectivity index (χ1) is 9.24. The Balaban J connectivity index is 1.57. The third kappa shape index (κ3) is 2.59. The second kappa shape index (κ2) is 5.21. The van der Waals surface area contributed by atoms with Crippen molar-refractivity contribution in [1.82, 2.24) is 10.2 Å². The van der Waals surface area contributed by atoms with Crippen molar-refractivity contribution in [2.24, 2.45) is 5.92 Å². The second-order valence-electron chi connectivity index (χ2n) is 5.68. The molecule has 3 rings (SSSR count). The molecule has 1 saturated heterocycles. The Morgan fingerprint density at radius 2 is 2.32 bits per heavy atom. The third-order valence-corrected chi connectivity index (χ3v) is 4.20. The van der Waals surface area contributed by atoms with Gasteiger partial charge in [0.15, 0.2) is 0 Å². The SMILES string of the molecule is CN1CCC(CNC(=O)C2CNc3ccccc32)C1. The summed E-state index contributed by atoms with van der Waals surface area (Å²) >= 11 is 0. The van der Waals surface area contributed by atoms with Crippen LogP contribution in [0.5, 0.6) is 0 Å². The van der Waals surface area contributed by atoms with Gasteiger partial charge in [-0.15, -0.1) is 0 Å². The van der Waals surface area contributed by atoms with E-state index in [4.69, 9.17) is 0 Å². The van der Waals surface area contributed by atoms with Crippen molar-refractivity contribution < 1.29 is 4.79 Å².